The van der Waals surface area contributed by atoms with Crippen LogP contribution in [0.25, 0.3) is 0 Å². The maximum Gasteiger partial charge on any atom is 0.429 e. The second-order valence-corrected chi connectivity index (χ2v) is 8.46. The van der Waals surface area contributed by atoms with Gasteiger partial charge in [0.05, 0.1) is 11.3 Å². The molecule has 0 spiro atoms. The highest BCUT2D eigenvalue weighted by atomic mass is 19.3. The zero-order valence-corrected chi connectivity index (χ0v) is 20.3. The van der Waals surface area contributed by atoms with Gasteiger partial charge in [0.1, 0.15) is 11.3 Å². The van der Waals surface area contributed by atoms with E-state index < -0.39 is 34.8 Å². The summed E-state index contributed by atoms with van der Waals surface area (Å²) >= 11 is 0. The fourth-order valence-electron chi connectivity index (χ4n) is 3.90. The minimum Gasteiger partial charge on any atom is -0.434 e. The first-order valence-corrected chi connectivity index (χ1v) is 11.9. The molecule has 0 radical (unpaired) electrons. The van der Waals surface area contributed by atoms with Gasteiger partial charge < -0.3 is 9.47 Å². The summed E-state index contributed by atoms with van der Waals surface area (Å²) in [6.07, 6.45) is 6.08. The van der Waals surface area contributed by atoms with E-state index in [1.54, 1.807) is 25.1 Å². The highest BCUT2D eigenvalue weighted by molar-refractivity contribution is 5.91. The fourth-order valence-corrected chi connectivity index (χ4v) is 3.90. The lowest BCUT2D eigenvalue weighted by Gasteiger charge is -2.26. The van der Waals surface area contributed by atoms with Gasteiger partial charge in [-0.15, -0.1) is 5.92 Å². The van der Waals surface area contributed by atoms with Crippen molar-refractivity contribution in [2.24, 2.45) is 5.92 Å². The average Bonchev–Trinajstić information content (AvgIpc) is 2.85. The number of carbonyl (C=O) groups excluding carboxylic acids is 1. The maximum absolute atomic E-state index is 14.7. The van der Waals surface area contributed by atoms with Crippen molar-refractivity contribution < 1.29 is 31.8 Å². The lowest BCUT2D eigenvalue weighted by Crippen LogP contribution is -2.23. The molecule has 1 atom stereocenters. The van der Waals surface area contributed by atoms with E-state index >= 15 is 0 Å². The molecule has 3 nitrogen and oxygen atoms in total. The molecule has 7 heteroatoms. The topological polar surface area (TPSA) is 35.5 Å². The number of esters is 1. The van der Waals surface area contributed by atoms with Gasteiger partial charge in [-0.1, -0.05) is 25.0 Å². The van der Waals surface area contributed by atoms with E-state index in [-0.39, 0.29) is 17.9 Å². The molecule has 0 aromatic heterocycles. The molecule has 2 aromatic rings. The van der Waals surface area contributed by atoms with E-state index in [0.29, 0.717) is 30.4 Å². The van der Waals surface area contributed by atoms with Crippen LogP contribution in [0.5, 0.6) is 5.75 Å². The number of ether oxygens (including phenoxy) is 2. The number of hydrogen-bond donors (Lipinski definition) is 0. The van der Waals surface area contributed by atoms with Crippen LogP contribution in [0.1, 0.15) is 73.9 Å². The number of rotatable bonds is 9. The summed E-state index contributed by atoms with van der Waals surface area (Å²) in [5, 5.41) is 0. The first kappa shape index (κ1) is 27.1. The van der Waals surface area contributed by atoms with Crippen molar-refractivity contribution >= 4 is 5.97 Å². The molecule has 190 valence electrons. The smallest absolute Gasteiger partial charge is 0.429 e. The Hall–Kier alpha value is -3.53. The fraction of sp³-hybridized carbons (Fsp3) is 0.345. The van der Waals surface area contributed by atoms with Crippen LogP contribution in [0.4, 0.5) is 17.6 Å². The first-order chi connectivity index (χ1) is 17.2. The molecule has 1 unspecified atom stereocenters. The molecule has 0 N–H and O–H groups in total. The lowest BCUT2D eigenvalue weighted by atomic mass is 9.89. The zero-order valence-electron chi connectivity index (χ0n) is 20.3. The van der Waals surface area contributed by atoms with Gasteiger partial charge in [0.2, 0.25) is 0 Å². The molecule has 0 bridgehead atoms. The predicted octanol–water partition coefficient (Wildman–Crippen LogP) is 8.05. The SMILES string of the molecule is CC#Cc1ccc(OC(=O)c2ccc(C(F)(F)OC3=CCC(CC/C=C/CC)CC3)c(F)c2F)cc1. The molecule has 0 heterocycles. The summed E-state index contributed by atoms with van der Waals surface area (Å²) in [5.41, 5.74) is -1.41. The Morgan fingerprint density at radius 2 is 1.86 bits per heavy atom. The van der Waals surface area contributed by atoms with E-state index in [4.69, 9.17) is 9.47 Å². The van der Waals surface area contributed by atoms with Crippen molar-refractivity contribution in [1.29, 1.82) is 0 Å². The minimum absolute atomic E-state index is 0.0415. The van der Waals surface area contributed by atoms with Crippen LogP contribution >= 0.6 is 0 Å². The standard InChI is InChI=1S/C29H28F4O3/c1-3-5-6-7-9-21-12-16-23(17-13-21)36-29(32,33)25-19-18-24(26(30)27(25)31)28(34)35-22-14-10-20(8-4-2)11-15-22/h5-6,10-11,14-16,18-19,21H,3,7,9,12-13,17H2,1-2H3/b6-5+. The van der Waals surface area contributed by atoms with Gasteiger partial charge in [-0.2, -0.15) is 8.78 Å². The van der Waals surface area contributed by atoms with Crippen molar-refractivity contribution in [1.82, 2.24) is 0 Å². The molecule has 0 saturated heterocycles. The molecule has 1 aliphatic rings. The van der Waals surface area contributed by atoms with Gasteiger partial charge in [0, 0.05) is 12.0 Å². The van der Waals surface area contributed by atoms with Gasteiger partial charge >= 0.3 is 12.1 Å². The van der Waals surface area contributed by atoms with Crippen LogP contribution in [0, 0.1) is 29.4 Å². The zero-order chi connectivity index (χ0) is 26.1. The Balaban J connectivity index is 1.67. The maximum atomic E-state index is 14.7. The number of allylic oxidation sites excluding steroid dienone is 4. The summed E-state index contributed by atoms with van der Waals surface area (Å²) in [4.78, 5) is 12.3. The van der Waals surface area contributed by atoms with E-state index in [1.807, 2.05) is 0 Å². The minimum atomic E-state index is -4.11. The quantitative estimate of drug-likeness (QED) is 0.115. The van der Waals surface area contributed by atoms with Crippen molar-refractivity contribution in [3.63, 3.8) is 0 Å². The van der Waals surface area contributed by atoms with E-state index in [9.17, 15) is 22.4 Å². The molecule has 36 heavy (non-hydrogen) atoms. The number of carbonyl (C=O) groups is 1. The first-order valence-electron chi connectivity index (χ1n) is 11.9. The van der Waals surface area contributed by atoms with Gasteiger partial charge in [-0.3, -0.25) is 0 Å². The molecule has 0 fully saturated rings. The Kier molecular flexibility index (Phi) is 9.35. The molecule has 1 aliphatic carbocycles. The van der Waals surface area contributed by atoms with E-state index in [2.05, 4.69) is 30.9 Å². The van der Waals surface area contributed by atoms with Crippen LogP contribution in [0.15, 0.2) is 60.4 Å². The molecule has 3 rings (SSSR count). The molecular weight excluding hydrogens is 472 g/mol. The number of hydrogen-bond acceptors (Lipinski definition) is 3. The Morgan fingerprint density at radius 3 is 2.50 bits per heavy atom. The predicted molar refractivity (Wildman–Crippen MR) is 129 cm³/mol. The van der Waals surface area contributed by atoms with Crippen LogP contribution in [0.3, 0.4) is 0 Å². The number of halogens is 4. The third kappa shape index (κ3) is 7.00. The van der Waals surface area contributed by atoms with E-state index in [1.165, 1.54) is 12.1 Å². The molecule has 0 saturated carbocycles. The van der Waals surface area contributed by atoms with Crippen LogP contribution in [0.2, 0.25) is 0 Å². The van der Waals surface area contributed by atoms with Gasteiger partial charge in [-0.05, 0) is 87.4 Å². The van der Waals surface area contributed by atoms with Gasteiger partial charge in [0.25, 0.3) is 0 Å². The summed E-state index contributed by atoms with van der Waals surface area (Å²) < 4.78 is 68.6. The summed E-state index contributed by atoms with van der Waals surface area (Å²) in [6.45, 7) is 3.72. The Labute approximate surface area is 208 Å². The van der Waals surface area contributed by atoms with Crippen molar-refractivity contribution in [2.45, 2.75) is 58.5 Å². The molecule has 0 aliphatic heterocycles. The number of benzene rings is 2. The Morgan fingerprint density at radius 1 is 1.11 bits per heavy atom. The second-order valence-electron chi connectivity index (χ2n) is 8.46. The monoisotopic (exact) mass is 500 g/mol. The molecule has 2 aromatic carbocycles. The van der Waals surface area contributed by atoms with Crippen LogP contribution in [-0.2, 0) is 10.8 Å². The second kappa shape index (κ2) is 12.4. The van der Waals surface area contributed by atoms with E-state index in [0.717, 1.165) is 25.3 Å². The van der Waals surface area contributed by atoms with Crippen molar-refractivity contribution in [3.05, 3.63) is 88.7 Å². The summed E-state index contributed by atoms with van der Waals surface area (Å²) in [5.74, 6) is 1.19. The number of alkyl halides is 2. The highest BCUT2D eigenvalue weighted by Crippen LogP contribution is 2.38. The highest BCUT2D eigenvalue weighted by Gasteiger charge is 2.40. The van der Waals surface area contributed by atoms with Crippen LogP contribution < -0.4 is 4.74 Å². The van der Waals surface area contributed by atoms with Gasteiger partial charge in [-0.25, -0.2) is 13.6 Å². The lowest BCUT2D eigenvalue weighted by molar-refractivity contribution is -0.228. The Bertz CT molecular complexity index is 1190. The van der Waals surface area contributed by atoms with Crippen LogP contribution in [-0.4, -0.2) is 5.97 Å². The van der Waals surface area contributed by atoms with Crippen molar-refractivity contribution in [3.8, 4) is 17.6 Å². The normalized spacial score (nSPS) is 15.7. The third-order valence-corrected chi connectivity index (χ3v) is 5.83. The average molecular weight is 501 g/mol. The molecule has 0 amide bonds. The largest absolute Gasteiger partial charge is 0.434 e. The van der Waals surface area contributed by atoms with Gasteiger partial charge in [0.15, 0.2) is 11.6 Å². The summed E-state index contributed by atoms with van der Waals surface area (Å²) in [6, 6.07) is 7.45. The third-order valence-electron chi connectivity index (χ3n) is 5.83. The van der Waals surface area contributed by atoms with Crippen molar-refractivity contribution in [2.75, 3.05) is 0 Å². The summed E-state index contributed by atoms with van der Waals surface area (Å²) in [7, 11) is 0. The molecular formula is C29H28F4O3.